The second kappa shape index (κ2) is 7.54. The van der Waals surface area contributed by atoms with Crippen LogP contribution in [0.3, 0.4) is 0 Å². The first-order valence-electron chi connectivity index (χ1n) is 7.61. The van der Waals surface area contributed by atoms with Gasteiger partial charge >= 0.3 is 0 Å². The Kier molecular flexibility index (Phi) is 5.46. The van der Waals surface area contributed by atoms with Crippen LogP contribution in [0.15, 0.2) is 42.5 Å². The molecule has 0 radical (unpaired) electrons. The Bertz CT molecular complexity index is 668. The second-order valence-electron chi connectivity index (χ2n) is 5.38. The van der Waals surface area contributed by atoms with E-state index in [4.69, 9.17) is 10.5 Å². The van der Waals surface area contributed by atoms with E-state index < -0.39 is 0 Å². The topological polar surface area (TPSA) is 67.6 Å². The Morgan fingerprint density at radius 2 is 1.91 bits per heavy atom. The molecule has 5 nitrogen and oxygen atoms in total. The number of ether oxygens (including phenoxy) is 1. The maximum Gasteiger partial charge on any atom is 0.255 e. The highest BCUT2D eigenvalue weighted by Gasteiger charge is 2.10. The van der Waals surface area contributed by atoms with Crippen LogP contribution in [0.4, 0.5) is 17.1 Å². The number of nitrogens with zero attached hydrogens (tertiary/aromatic N) is 1. The molecule has 0 aromatic heterocycles. The highest BCUT2D eigenvalue weighted by Crippen LogP contribution is 2.25. The summed E-state index contributed by atoms with van der Waals surface area (Å²) in [5.41, 5.74) is 8.60. The molecule has 0 saturated carbocycles. The van der Waals surface area contributed by atoms with E-state index in [0.717, 1.165) is 18.7 Å². The molecule has 0 spiro atoms. The van der Waals surface area contributed by atoms with Crippen molar-refractivity contribution in [3.63, 3.8) is 0 Å². The van der Waals surface area contributed by atoms with Crippen molar-refractivity contribution in [1.29, 1.82) is 0 Å². The van der Waals surface area contributed by atoms with Gasteiger partial charge in [-0.2, -0.15) is 0 Å². The van der Waals surface area contributed by atoms with Crippen LogP contribution in [-0.4, -0.2) is 26.6 Å². The van der Waals surface area contributed by atoms with E-state index in [1.54, 1.807) is 25.3 Å². The number of carbonyl (C=O) groups is 1. The number of amides is 1. The van der Waals surface area contributed by atoms with Crippen molar-refractivity contribution in [3.8, 4) is 5.75 Å². The van der Waals surface area contributed by atoms with Crippen molar-refractivity contribution >= 4 is 23.0 Å². The molecule has 2 aromatic rings. The minimum Gasteiger partial charge on any atom is -0.497 e. The van der Waals surface area contributed by atoms with Crippen molar-refractivity contribution in [2.24, 2.45) is 0 Å². The van der Waals surface area contributed by atoms with E-state index in [1.807, 2.05) is 31.3 Å². The lowest BCUT2D eigenvalue weighted by atomic mass is 10.1. The normalized spacial score (nSPS) is 10.2. The van der Waals surface area contributed by atoms with Gasteiger partial charge in [0.1, 0.15) is 5.75 Å². The van der Waals surface area contributed by atoms with Gasteiger partial charge in [0.25, 0.3) is 5.91 Å². The van der Waals surface area contributed by atoms with Gasteiger partial charge in [0.15, 0.2) is 0 Å². The fraction of sp³-hybridized carbons (Fsp3) is 0.278. The molecule has 122 valence electrons. The lowest BCUT2D eigenvalue weighted by molar-refractivity contribution is 0.102. The number of benzene rings is 2. The quantitative estimate of drug-likeness (QED) is 0.802. The Morgan fingerprint density at radius 1 is 1.22 bits per heavy atom. The maximum absolute atomic E-state index is 12.4. The third-order valence-corrected chi connectivity index (χ3v) is 3.64. The van der Waals surface area contributed by atoms with Gasteiger partial charge in [-0.3, -0.25) is 4.79 Å². The molecule has 2 rings (SSSR count). The molecule has 0 atom stereocenters. The molecule has 0 aliphatic heterocycles. The standard InChI is InChI=1S/C18H23N3O2/c1-4-11-21(2)14-7-5-13(6-8-14)18(22)20-17-12-15(23-3)9-10-16(17)19/h5-10,12H,4,11,19H2,1-3H3,(H,20,22). The summed E-state index contributed by atoms with van der Waals surface area (Å²) >= 11 is 0. The van der Waals surface area contributed by atoms with Gasteiger partial charge in [-0.05, 0) is 42.8 Å². The van der Waals surface area contributed by atoms with E-state index in [-0.39, 0.29) is 5.91 Å². The minimum absolute atomic E-state index is 0.199. The molecule has 5 heteroatoms. The number of nitrogens with one attached hydrogen (secondary N) is 1. The van der Waals surface area contributed by atoms with Crippen molar-refractivity contribution in [2.75, 3.05) is 36.7 Å². The first-order chi connectivity index (χ1) is 11.0. The zero-order chi connectivity index (χ0) is 16.8. The summed E-state index contributed by atoms with van der Waals surface area (Å²) in [5.74, 6) is 0.445. The van der Waals surface area contributed by atoms with Crippen LogP contribution >= 0.6 is 0 Å². The number of hydrogen-bond donors (Lipinski definition) is 2. The number of anilines is 3. The summed E-state index contributed by atoms with van der Waals surface area (Å²) in [6.07, 6.45) is 1.08. The summed E-state index contributed by atoms with van der Waals surface area (Å²) in [7, 11) is 3.61. The summed E-state index contributed by atoms with van der Waals surface area (Å²) in [6.45, 7) is 3.11. The second-order valence-corrected chi connectivity index (χ2v) is 5.38. The van der Waals surface area contributed by atoms with Crippen LogP contribution in [-0.2, 0) is 0 Å². The average molecular weight is 313 g/mol. The molecule has 23 heavy (non-hydrogen) atoms. The Morgan fingerprint density at radius 3 is 2.52 bits per heavy atom. The molecule has 0 aliphatic carbocycles. The van der Waals surface area contributed by atoms with Crippen LogP contribution in [0.25, 0.3) is 0 Å². The van der Waals surface area contributed by atoms with E-state index in [2.05, 4.69) is 17.1 Å². The molecule has 1 amide bonds. The van der Waals surface area contributed by atoms with Crippen molar-refractivity contribution in [1.82, 2.24) is 0 Å². The Balaban J connectivity index is 2.12. The predicted molar refractivity (Wildman–Crippen MR) is 95.4 cm³/mol. The van der Waals surface area contributed by atoms with Gasteiger partial charge in [-0.15, -0.1) is 0 Å². The molecule has 3 N–H and O–H groups in total. The van der Waals surface area contributed by atoms with E-state index in [0.29, 0.717) is 22.7 Å². The van der Waals surface area contributed by atoms with Crippen LogP contribution in [0.2, 0.25) is 0 Å². The van der Waals surface area contributed by atoms with Gasteiger partial charge < -0.3 is 20.7 Å². The molecule has 0 unspecified atom stereocenters. The minimum atomic E-state index is -0.199. The molecular weight excluding hydrogens is 290 g/mol. The number of rotatable bonds is 6. The lowest BCUT2D eigenvalue weighted by Crippen LogP contribution is -2.18. The van der Waals surface area contributed by atoms with Crippen molar-refractivity contribution in [3.05, 3.63) is 48.0 Å². The van der Waals surface area contributed by atoms with E-state index in [1.165, 1.54) is 0 Å². The maximum atomic E-state index is 12.4. The fourth-order valence-corrected chi connectivity index (χ4v) is 2.30. The summed E-state index contributed by atoms with van der Waals surface area (Å²) in [4.78, 5) is 14.5. The van der Waals surface area contributed by atoms with Gasteiger partial charge in [-0.1, -0.05) is 6.92 Å². The largest absolute Gasteiger partial charge is 0.497 e. The SMILES string of the molecule is CCCN(C)c1ccc(C(=O)Nc2cc(OC)ccc2N)cc1. The average Bonchev–Trinajstić information content (AvgIpc) is 2.57. The first-order valence-corrected chi connectivity index (χ1v) is 7.61. The van der Waals surface area contributed by atoms with E-state index in [9.17, 15) is 4.79 Å². The van der Waals surface area contributed by atoms with Crippen LogP contribution in [0.5, 0.6) is 5.75 Å². The predicted octanol–water partition coefficient (Wildman–Crippen LogP) is 3.38. The molecule has 0 saturated heterocycles. The van der Waals surface area contributed by atoms with Gasteiger partial charge in [-0.25, -0.2) is 0 Å². The number of nitrogen functional groups attached to an aromatic ring is 1. The number of nitrogens with two attached hydrogens (primary N) is 1. The Hall–Kier alpha value is -2.69. The van der Waals surface area contributed by atoms with Crippen molar-refractivity contribution < 1.29 is 9.53 Å². The summed E-state index contributed by atoms with van der Waals surface area (Å²) in [5, 5.41) is 2.82. The van der Waals surface area contributed by atoms with Gasteiger partial charge in [0, 0.05) is 30.9 Å². The van der Waals surface area contributed by atoms with Crippen LogP contribution in [0, 0.1) is 0 Å². The Labute approximate surface area is 137 Å². The molecule has 0 bridgehead atoms. The molecule has 0 fully saturated rings. The van der Waals surface area contributed by atoms with Crippen LogP contribution in [0.1, 0.15) is 23.7 Å². The highest BCUT2D eigenvalue weighted by molar-refractivity contribution is 6.06. The van der Waals surface area contributed by atoms with Gasteiger partial charge in [0.05, 0.1) is 18.5 Å². The zero-order valence-corrected chi connectivity index (χ0v) is 13.8. The fourth-order valence-electron chi connectivity index (χ4n) is 2.30. The highest BCUT2D eigenvalue weighted by atomic mass is 16.5. The zero-order valence-electron chi connectivity index (χ0n) is 13.8. The third-order valence-electron chi connectivity index (χ3n) is 3.64. The lowest BCUT2D eigenvalue weighted by Gasteiger charge is -2.18. The number of methoxy groups -OCH3 is 1. The summed E-state index contributed by atoms with van der Waals surface area (Å²) in [6, 6.07) is 12.7. The molecule has 0 aliphatic rings. The first kappa shape index (κ1) is 16.7. The molecular formula is C18H23N3O2. The number of carbonyl (C=O) groups excluding carboxylic acids is 1. The van der Waals surface area contributed by atoms with E-state index >= 15 is 0 Å². The van der Waals surface area contributed by atoms with Crippen molar-refractivity contribution in [2.45, 2.75) is 13.3 Å². The molecule has 2 aromatic carbocycles. The van der Waals surface area contributed by atoms with Crippen LogP contribution < -0.4 is 20.7 Å². The third kappa shape index (κ3) is 4.16. The smallest absolute Gasteiger partial charge is 0.255 e. The summed E-state index contributed by atoms with van der Waals surface area (Å²) < 4.78 is 5.15. The number of hydrogen-bond acceptors (Lipinski definition) is 4. The van der Waals surface area contributed by atoms with Gasteiger partial charge in [0.2, 0.25) is 0 Å². The molecule has 0 heterocycles. The monoisotopic (exact) mass is 313 g/mol.